The van der Waals surface area contributed by atoms with Crippen LogP contribution < -0.4 is 0 Å². The van der Waals surface area contributed by atoms with Crippen LogP contribution in [0.15, 0.2) is 12.3 Å². The molecule has 0 aliphatic carbocycles. The number of carbonyl (C=O) groups excluding carboxylic acids is 1. The first-order valence-electron chi connectivity index (χ1n) is 8.04. The molecular formula is C17H26N2O2. The summed E-state index contributed by atoms with van der Waals surface area (Å²) in [6.45, 7) is 6.78. The predicted molar refractivity (Wildman–Crippen MR) is 82.4 cm³/mol. The van der Waals surface area contributed by atoms with E-state index in [1.807, 2.05) is 19.3 Å². The molecule has 0 bridgehead atoms. The van der Waals surface area contributed by atoms with Crippen molar-refractivity contribution >= 4 is 5.78 Å². The second kappa shape index (κ2) is 5.93. The van der Waals surface area contributed by atoms with Crippen LogP contribution in [0.2, 0.25) is 0 Å². The van der Waals surface area contributed by atoms with Crippen LogP contribution in [-0.4, -0.2) is 41.6 Å². The van der Waals surface area contributed by atoms with E-state index < -0.39 is 0 Å². The summed E-state index contributed by atoms with van der Waals surface area (Å²) in [5.41, 5.74) is 2.54. The van der Waals surface area contributed by atoms with E-state index in [9.17, 15) is 4.79 Å². The largest absolute Gasteiger partial charge is 0.381 e. The van der Waals surface area contributed by atoms with Crippen LogP contribution in [0.25, 0.3) is 0 Å². The fourth-order valence-corrected chi connectivity index (χ4v) is 3.85. The second-order valence-electron chi connectivity index (χ2n) is 6.81. The molecule has 2 fully saturated rings. The van der Waals surface area contributed by atoms with Crippen LogP contribution in [0.5, 0.6) is 0 Å². The van der Waals surface area contributed by atoms with E-state index in [1.54, 1.807) is 6.92 Å². The van der Waals surface area contributed by atoms with Gasteiger partial charge < -0.3 is 9.30 Å². The van der Waals surface area contributed by atoms with Gasteiger partial charge >= 0.3 is 0 Å². The van der Waals surface area contributed by atoms with Crippen LogP contribution in [0, 0.1) is 5.41 Å². The number of nitrogens with zero attached hydrogens (tertiary/aromatic N) is 2. The van der Waals surface area contributed by atoms with Crippen LogP contribution >= 0.6 is 0 Å². The third-order valence-corrected chi connectivity index (χ3v) is 5.19. The Morgan fingerprint density at radius 3 is 2.76 bits per heavy atom. The summed E-state index contributed by atoms with van der Waals surface area (Å²) in [5.74, 6) is 0.149. The van der Waals surface area contributed by atoms with Crippen molar-refractivity contribution in [3.8, 4) is 0 Å². The SMILES string of the molecule is CC(=O)c1cc(CN2CCCC3(CCOCC3)C2)n(C)c1. The fraction of sp³-hybridized carbons (Fsp3) is 0.706. The average Bonchev–Trinajstić information content (AvgIpc) is 2.81. The Morgan fingerprint density at radius 2 is 2.10 bits per heavy atom. The topological polar surface area (TPSA) is 34.5 Å². The van der Waals surface area contributed by atoms with Gasteiger partial charge in [-0.2, -0.15) is 0 Å². The molecule has 2 aliphatic heterocycles. The van der Waals surface area contributed by atoms with Gasteiger partial charge in [0, 0.05) is 50.8 Å². The Balaban J connectivity index is 1.68. The van der Waals surface area contributed by atoms with Gasteiger partial charge in [-0.3, -0.25) is 9.69 Å². The molecule has 1 aromatic heterocycles. The Hall–Kier alpha value is -1.13. The summed E-state index contributed by atoms with van der Waals surface area (Å²) in [5, 5.41) is 0. The van der Waals surface area contributed by atoms with Crippen molar-refractivity contribution in [1.82, 2.24) is 9.47 Å². The fourth-order valence-electron chi connectivity index (χ4n) is 3.85. The first-order chi connectivity index (χ1) is 10.1. The minimum absolute atomic E-state index is 0.149. The third kappa shape index (κ3) is 3.22. The lowest BCUT2D eigenvalue weighted by Crippen LogP contribution is -2.45. The van der Waals surface area contributed by atoms with Crippen LogP contribution in [0.4, 0.5) is 0 Å². The van der Waals surface area contributed by atoms with Gasteiger partial charge in [-0.15, -0.1) is 0 Å². The van der Waals surface area contributed by atoms with Crippen molar-refractivity contribution < 1.29 is 9.53 Å². The number of piperidine rings is 1. The molecule has 2 aliphatic rings. The van der Waals surface area contributed by atoms with Crippen LogP contribution in [0.3, 0.4) is 0 Å². The number of ether oxygens (including phenoxy) is 1. The Kier molecular flexibility index (Phi) is 4.18. The zero-order valence-corrected chi connectivity index (χ0v) is 13.2. The maximum absolute atomic E-state index is 11.5. The van der Waals surface area contributed by atoms with Gasteiger partial charge in [0.05, 0.1) is 0 Å². The minimum Gasteiger partial charge on any atom is -0.381 e. The van der Waals surface area contributed by atoms with Gasteiger partial charge in [0.15, 0.2) is 5.78 Å². The van der Waals surface area contributed by atoms with Gasteiger partial charge in [-0.25, -0.2) is 0 Å². The number of aryl methyl sites for hydroxylation is 1. The standard InChI is InChI=1S/C17H26N2O2/c1-14(20)15-10-16(18(2)11-15)12-19-7-3-4-17(13-19)5-8-21-9-6-17/h10-11H,3-9,12-13H2,1-2H3. The monoisotopic (exact) mass is 290 g/mol. The lowest BCUT2D eigenvalue weighted by atomic mass is 9.74. The average molecular weight is 290 g/mol. The molecule has 21 heavy (non-hydrogen) atoms. The lowest BCUT2D eigenvalue weighted by molar-refractivity contribution is -0.0295. The quantitative estimate of drug-likeness (QED) is 0.803. The lowest BCUT2D eigenvalue weighted by Gasteiger charge is -2.45. The third-order valence-electron chi connectivity index (χ3n) is 5.19. The predicted octanol–water partition coefficient (Wildman–Crippen LogP) is 2.62. The Labute approximate surface area is 127 Å². The van der Waals surface area contributed by atoms with Crippen molar-refractivity contribution in [3.63, 3.8) is 0 Å². The van der Waals surface area contributed by atoms with Crippen LogP contribution in [-0.2, 0) is 18.3 Å². The minimum atomic E-state index is 0.149. The first kappa shape index (κ1) is 14.8. The number of hydrogen-bond donors (Lipinski definition) is 0. The van der Waals surface area contributed by atoms with Crippen molar-refractivity contribution in [3.05, 3.63) is 23.5 Å². The molecule has 116 valence electrons. The highest BCUT2D eigenvalue weighted by Crippen LogP contribution is 2.39. The number of likely N-dealkylation sites (tertiary alicyclic amines) is 1. The maximum atomic E-state index is 11.5. The van der Waals surface area contributed by atoms with E-state index in [1.165, 1.54) is 44.5 Å². The highest BCUT2D eigenvalue weighted by Gasteiger charge is 2.36. The molecule has 0 atom stereocenters. The summed E-state index contributed by atoms with van der Waals surface area (Å²) >= 11 is 0. The number of Topliss-reactive ketones (excluding diaryl/α,β-unsaturated/α-hetero) is 1. The molecule has 0 N–H and O–H groups in total. The molecule has 0 radical (unpaired) electrons. The van der Waals surface area contributed by atoms with E-state index in [0.717, 1.165) is 25.3 Å². The zero-order chi connectivity index (χ0) is 14.9. The van der Waals surface area contributed by atoms with Crippen molar-refractivity contribution in [1.29, 1.82) is 0 Å². The summed E-state index contributed by atoms with van der Waals surface area (Å²) in [4.78, 5) is 14.1. The Bertz CT molecular complexity index is 509. The molecule has 1 spiro atoms. The zero-order valence-electron chi connectivity index (χ0n) is 13.2. The summed E-state index contributed by atoms with van der Waals surface area (Å²) in [6, 6.07) is 2.05. The number of aromatic nitrogens is 1. The molecule has 2 saturated heterocycles. The van der Waals surface area contributed by atoms with Gasteiger partial charge in [-0.05, 0) is 50.6 Å². The number of rotatable bonds is 3. The second-order valence-corrected chi connectivity index (χ2v) is 6.81. The summed E-state index contributed by atoms with van der Waals surface area (Å²) < 4.78 is 7.64. The van der Waals surface area contributed by atoms with Crippen molar-refractivity contribution in [2.45, 2.75) is 39.2 Å². The van der Waals surface area contributed by atoms with Crippen LogP contribution in [0.1, 0.15) is 48.7 Å². The van der Waals surface area contributed by atoms with Gasteiger partial charge in [0.1, 0.15) is 0 Å². The number of carbonyl (C=O) groups is 1. The molecule has 4 nitrogen and oxygen atoms in total. The van der Waals surface area contributed by atoms with E-state index in [4.69, 9.17) is 4.74 Å². The summed E-state index contributed by atoms with van der Waals surface area (Å²) in [7, 11) is 2.04. The van der Waals surface area contributed by atoms with Crippen molar-refractivity contribution in [2.24, 2.45) is 12.5 Å². The highest BCUT2D eigenvalue weighted by molar-refractivity contribution is 5.94. The molecular weight excluding hydrogens is 264 g/mol. The maximum Gasteiger partial charge on any atom is 0.161 e. The summed E-state index contributed by atoms with van der Waals surface area (Å²) in [6.07, 6.45) is 6.99. The normalized spacial score (nSPS) is 22.6. The molecule has 0 unspecified atom stereocenters. The number of hydrogen-bond acceptors (Lipinski definition) is 3. The van der Waals surface area contributed by atoms with E-state index in [2.05, 4.69) is 9.47 Å². The van der Waals surface area contributed by atoms with Gasteiger partial charge in [0.25, 0.3) is 0 Å². The van der Waals surface area contributed by atoms with E-state index in [-0.39, 0.29) is 5.78 Å². The molecule has 4 heteroatoms. The smallest absolute Gasteiger partial charge is 0.161 e. The van der Waals surface area contributed by atoms with Gasteiger partial charge in [0.2, 0.25) is 0 Å². The van der Waals surface area contributed by atoms with Crippen molar-refractivity contribution in [2.75, 3.05) is 26.3 Å². The molecule has 3 heterocycles. The molecule has 0 saturated carbocycles. The van der Waals surface area contributed by atoms with Gasteiger partial charge in [-0.1, -0.05) is 0 Å². The number of ketones is 1. The Morgan fingerprint density at radius 1 is 1.33 bits per heavy atom. The molecule has 1 aromatic rings. The van der Waals surface area contributed by atoms with E-state index >= 15 is 0 Å². The first-order valence-corrected chi connectivity index (χ1v) is 8.04. The van der Waals surface area contributed by atoms with E-state index in [0.29, 0.717) is 5.41 Å². The molecule has 0 aromatic carbocycles. The molecule has 3 rings (SSSR count). The molecule has 0 amide bonds. The highest BCUT2D eigenvalue weighted by atomic mass is 16.5.